The van der Waals surface area contributed by atoms with Crippen LogP contribution in [-0.2, 0) is 14.9 Å². The molecule has 0 aromatic rings. The molecule has 1 aliphatic heterocycles. The van der Waals surface area contributed by atoms with Crippen LogP contribution in [0.1, 0.15) is 103 Å². The van der Waals surface area contributed by atoms with Crippen molar-refractivity contribution in [2.45, 2.75) is 103 Å². The fraction of sp³-hybridized carbons (Fsp3) is 0.885. The summed E-state index contributed by atoms with van der Waals surface area (Å²) in [6.45, 7) is 6.17. The number of rotatable bonds is 19. The second-order valence-corrected chi connectivity index (χ2v) is 11.7. The van der Waals surface area contributed by atoms with E-state index in [1.54, 1.807) is 0 Å². The number of hydrogen-bond donors (Lipinski definition) is 1. The Hall–Kier alpha value is -0.920. The maximum Gasteiger partial charge on any atom is 0.265 e. The molecule has 33 heavy (non-hydrogen) atoms. The van der Waals surface area contributed by atoms with Gasteiger partial charge in [-0.1, -0.05) is 70.4 Å². The lowest BCUT2D eigenvalue weighted by atomic mass is 10.1. The number of piperazine rings is 1. The third-order valence-electron chi connectivity index (χ3n) is 6.92. The molecular formula is C26H51N2O4S+. The molecule has 0 spiro atoms. The minimum absolute atomic E-state index is 0.182. The van der Waals surface area contributed by atoms with Gasteiger partial charge in [-0.05, 0) is 32.1 Å². The molecule has 6 nitrogen and oxygen atoms in total. The molecule has 7 heteroatoms. The Balaban J connectivity index is 1.97. The number of unbranched alkanes of at least 4 members (excludes halogenated alkanes) is 11. The Bertz CT molecular complexity index is 641. The first-order chi connectivity index (χ1) is 15.8. The smallest absolute Gasteiger partial charge is 0.265 e. The minimum Gasteiger partial charge on any atom is -0.331 e. The van der Waals surface area contributed by atoms with Gasteiger partial charge in [0.05, 0.1) is 45.5 Å². The Morgan fingerprint density at radius 2 is 1.36 bits per heavy atom. The topological polar surface area (TPSA) is 74.7 Å². The SMILES string of the molecule is CCCCCCCC/C=C\CCCCCCCC(=O)N1CC[N+](C)(CCCS(=O)(=O)O)CC1. The first-order valence-electron chi connectivity index (χ1n) is 13.5. The highest BCUT2D eigenvalue weighted by atomic mass is 32.2. The van der Waals surface area contributed by atoms with Crippen LogP contribution < -0.4 is 0 Å². The molecule has 1 N–H and O–H groups in total. The molecule has 0 saturated carbocycles. The van der Waals surface area contributed by atoms with Gasteiger partial charge in [0.25, 0.3) is 10.1 Å². The third kappa shape index (κ3) is 16.4. The Kier molecular flexibility index (Phi) is 16.0. The maximum atomic E-state index is 12.5. The molecule has 0 radical (unpaired) electrons. The molecule has 0 aromatic heterocycles. The van der Waals surface area contributed by atoms with Crippen molar-refractivity contribution in [3.63, 3.8) is 0 Å². The van der Waals surface area contributed by atoms with E-state index in [0.717, 1.165) is 50.0 Å². The molecule has 0 atom stereocenters. The second-order valence-electron chi connectivity index (χ2n) is 10.1. The fourth-order valence-electron chi connectivity index (χ4n) is 4.55. The molecule has 1 amide bonds. The van der Waals surface area contributed by atoms with Gasteiger partial charge in [-0.25, -0.2) is 0 Å². The van der Waals surface area contributed by atoms with E-state index in [1.165, 1.54) is 70.6 Å². The van der Waals surface area contributed by atoms with Crippen LogP contribution in [0.3, 0.4) is 0 Å². The van der Waals surface area contributed by atoms with Crippen LogP contribution in [0.25, 0.3) is 0 Å². The number of quaternary nitrogens is 1. The number of allylic oxidation sites excluding steroid dienone is 2. The van der Waals surface area contributed by atoms with E-state index in [-0.39, 0.29) is 11.7 Å². The lowest BCUT2D eigenvalue weighted by Crippen LogP contribution is -2.58. The largest absolute Gasteiger partial charge is 0.331 e. The van der Waals surface area contributed by atoms with Gasteiger partial charge in [-0.15, -0.1) is 0 Å². The number of likely N-dealkylation sites (N-methyl/N-ethyl adjacent to an activating group) is 1. The van der Waals surface area contributed by atoms with Crippen LogP contribution >= 0.6 is 0 Å². The Morgan fingerprint density at radius 3 is 1.91 bits per heavy atom. The number of hydrogen-bond acceptors (Lipinski definition) is 3. The monoisotopic (exact) mass is 487 g/mol. The number of nitrogens with zero attached hydrogens (tertiary/aromatic N) is 2. The van der Waals surface area contributed by atoms with Crippen LogP contribution in [0.5, 0.6) is 0 Å². The Labute approximate surface area is 204 Å². The maximum absolute atomic E-state index is 12.5. The van der Waals surface area contributed by atoms with Crippen molar-refractivity contribution in [1.82, 2.24) is 4.90 Å². The average molecular weight is 488 g/mol. The van der Waals surface area contributed by atoms with Crippen molar-refractivity contribution < 1.29 is 22.2 Å². The lowest BCUT2D eigenvalue weighted by Gasteiger charge is -2.42. The summed E-state index contributed by atoms with van der Waals surface area (Å²) in [4.78, 5) is 14.5. The Morgan fingerprint density at radius 1 is 0.848 bits per heavy atom. The zero-order valence-corrected chi connectivity index (χ0v) is 22.3. The van der Waals surface area contributed by atoms with Crippen LogP contribution in [0.4, 0.5) is 0 Å². The van der Waals surface area contributed by atoms with Crippen LogP contribution in [0, 0.1) is 0 Å². The fourth-order valence-corrected chi connectivity index (χ4v) is 5.05. The molecule has 1 rings (SSSR count). The predicted octanol–water partition coefficient (Wildman–Crippen LogP) is 5.59. The van der Waals surface area contributed by atoms with Gasteiger partial charge in [0.1, 0.15) is 0 Å². The summed E-state index contributed by atoms with van der Waals surface area (Å²) in [5, 5.41) is 0. The van der Waals surface area contributed by atoms with Crippen molar-refractivity contribution in [3.05, 3.63) is 12.2 Å². The summed E-state index contributed by atoms with van der Waals surface area (Å²) in [5.41, 5.74) is 0. The normalized spacial score (nSPS) is 16.5. The van der Waals surface area contributed by atoms with Crippen LogP contribution in [-0.4, -0.2) is 73.8 Å². The second kappa shape index (κ2) is 17.5. The molecule has 194 valence electrons. The molecule has 1 aliphatic rings. The molecule has 1 fully saturated rings. The van der Waals surface area contributed by atoms with E-state index < -0.39 is 10.1 Å². The van der Waals surface area contributed by atoms with Crippen molar-refractivity contribution in [2.75, 3.05) is 45.5 Å². The summed E-state index contributed by atoms with van der Waals surface area (Å²) < 4.78 is 31.4. The third-order valence-corrected chi connectivity index (χ3v) is 7.73. The molecule has 0 aliphatic carbocycles. The van der Waals surface area contributed by atoms with Gasteiger partial charge in [-0.3, -0.25) is 9.35 Å². The van der Waals surface area contributed by atoms with Crippen LogP contribution in [0.15, 0.2) is 12.2 Å². The van der Waals surface area contributed by atoms with E-state index in [1.807, 2.05) is 4.90 Å². The van der Waals surface area contributed by atoms with Gasteiger partial charge < -0.3 is 9.38 Å². The van der Waals surface area contributed by atoms with Gasteiger partial charge in [-0.2, -0.15) is 8.42 Å². The summed E-state index contributed by atoms with van der Waals surface area (Å²) in [6, 6.07) is 0. The average Bonchev–Trinajstić information content (AvgIpc) is 2.75. The highest BCUT2D eigenvalue weighted by molar-refractivity contribution is 7.85. The molecule has 0 bridgehead atoms. The van der Waals surface area contributed by atoms with E-state index in [4.69, 9.17) is 4.55 Å². The molecule has 0 aromatic carbocycles. The first-order valence-corrected chi connectivity index (χ1v) is 15.1. The lowest BCUT2D eigenvalue weighted by molar-refractivity contribution is -0.913. The molecule has 0 unspecified atom stereocenters. The van der Waals surface area contributed by atoms with E-state index in [0.29, 0.717) is 12.8 Å². The molecular weight excluding hydrogens is 436 g/mol. The van der Waals surface area contributed by atoms with Gasteiger partial charge in [0, 0.05) is 12.8 Å². The van der Waals surface area contributed by atoms with Crippen LogP contribution in [0.2, 0.25) is 0 Å². The molecule has 1 heterocycles. The zero-order valence-electron chi connectivity index (χ0n) is 21.5. The summed E-state index contributed by atoms with van der Waals surface area (Å²) in [6.07, 6.45) is 22.2. The van der Waals surface area contributed by atoms with Crippen molar-refractivity contribution in [2.24, 2.45) is 0 Å². The molecule has 1 saturated heterocycles. The standard InChI is InChI=1S/C26H50N2O4S/c1-3-4-5-6-7-8-9-10-11-12-13-14-15-16-17-19-26(29)27-20-23-28(2,24-21-27)22-18-25-33(30,31)32/h10-11H,3-9,12-25H2,1-2H3/p+1/b11-10-. The number of amides is 1. The van der Waals surface area contributed by atoms with Crippen molar-refractivity contribution in [3.8, 4) is 0 Å². The summed E-state index contributed by atoms with van der Waals surface area (Å²) in [7, 11) is -1.78. The first kappa shape index (κ1) is 30.1. The highest BCUT2D eigenvalue weighted by Gasteiger charge is 2.30. The van der Waals surface area contributed by atoms with Gasteiger partial charge in [0.15, 0.2) is 0 Å². The zero-order chi connectivity index (χ0) is 24.4. The summed E-state index contributed by atoms with van der Waals surface area (Å²) in [5.74, 6) is 0.0794. The van der Waals surface area contributed by atoms with E-state index in [9.17, 15) is 13.2 Å². The van der Waals surface area contributed by atoms with E-state index in [2.05, 4.69) is 26.1 Å². The van der Waals surface area contributed by atoms with Gasteiger partial charge in [0.2, 0.25) is 5.91 Å². The quantitative estimate of drug-likeness (QED) is 0.112. The van der Waals surface area contributed by atoms with Gasteiger partial charge >= 0.3 is 0 Å². The summed E-state index contributed by atoms with van der Waals surface area (Å²) >= 11 is 0. The predicted molar refractivity (Wildman–Crippen MR) is 138 cm³/mol. The van der Waals surface area contributed by atoms with E-state index >= 15 is 0 Å². The number of carbonyl (C=O) groups is 1. The van der Waals surface area contributed by atoms with Crippen molar-refractivity contribution >= 4 is 16.0 Å². The number of carbonyl (C=O) groups excluding carboxylic acids is 1. The van der Waals surface area contributed by atoms with Crippen molar-refractivity contribution in [1.29, 1.82) is 0 Å². The minimum atomic E-state index is -3.88. The highest BCUT2D eigenvalue weighted by Crippen LogP contribution is 2.15.